The third kappa shape index (κ3) is 4.87. The highest BCUT2D eigenvalue weighted by atomic mass is 79.9. The Morgan fingerprint density at radius 2 is 1.88 bits per heavy atom. The number of hydrogen-bond acceptors (Lipinski definition) is 4. The van der Waals surface area contributed by atoms with Crippen molar-refractivity contribution in [2.45, 2.75) is 24.8 Å². The van der Waals surface area contributed by atoms with Gasteiger partial charge in [-0.15, -0.1) is 0 Å². The van der Waals surface area contributed by atoms with Crippen molar-refractivity contribution < 1.29 is 22.3 Å². The van der Waals surface area contributed by atoms with E-state index in [9.17, 15) is 17.6 Å². The van der Waals surface area contributed by atoms with Crippen molar-refractivity contribution in [3.05, 3.63) is 63.9 Å². The molecule has 8 heteroatoms. The van der Waals surface area contributed by atoms with E-state index in [4.69, 9.17) is 4.74 Å². The zero-order chi connectivity index (χ0) is 18.6. The Morgan fingerprint density at radius 3 is 2.44 bits per heavy atom. The number of ether oxygens (including phenoxy) is 1. The van der Waals surface area contributed by atoms with Gasteiger partial charge in [0.25, 0.3) is 0 Å². The van der Waals surface area contributed by atoms with Gasteiger partial charge in [0.05, 0.1) is 17.1 Å². The summed E-state index contributed by atoms with van der Waals surface area (Å²) >= 11 is 3.18. The van der Waals surface area contributed by atoms with E-state index >= 15 is 0 Å². The zero-order valence-electron chi connectivity index (χ0n) is 13.6. The van der Waals surface area contributed by atoms with Crippen LogP contribution in [-0.2, 0) is 14.8 Å². The first-order valence-electron chi connectivity index (χ1n) is 7.49. The fourth-order valence-electron chi connectivity index (χ4n) is 2.18. The molecule has 0 heterocycles. The summed E-state index contributed by atoms with van der Waals surface area (Å²) in [6.45, 7) is 3.57. The molecule has 25 heavy (non-hydrogen) atoms. The molecule has 0 aromatic heterocycles. The minimum absolute atomic E-state index is 0.00508. The van der Waals surface area contributed by atoms with Crippen LogP contribution in [0, 0.1) is 5.82 Å². The molecule has 1 atom stereocenters. The topological polar surface area (TPSA) is 72.5 Å². The van der Waals surface area contributed by atoms with Gasteiger partial charge in [0.15, 0.2) is 0 Å². The fraction of sp³-hybridized carbons (Fsp3) is 0.235. The SMILES string of the molecule is CCOC(=O)c1ccc(S(=O)(=O)NC(C)c2ccc(F)cc2)c(Br)c1. The number of hydrogen-bond donors (Lipinski definition) is 1. The van der Waals surface area contributed by atoms with Gasteiger partial charge in [-0.3, -0.25) is 0 Å². The molecule has 0 saturated heterocycles. The monoisotopic (exact) mass is 429 g/mol. The Bertz CT molecular complexity index is 869. The highest BCUT2D eigenvalue weighted by Gasteiger charge is 2.22. The predicted molar refractivity (Wildman–Crippen MR) is 95.2 cm³/mol. The van der Waals surface area contributed by atoms with Crippen molar-refractivity contribution in [3.63, 3.8) is 0 Å². The van der Waals surface area contributed by atoms with Crippen LogP contribution < -0.4 is 4.72 Å². The molecular formula is C17H17BrFNO4S. The van der Waals surface area contributed by atoms with Crippen molar-refractivity contribution in [1.82, 2.24) is 4.72 Å². The van der Waals surface area contributed by atoms with E-state index in [1.54, 1.807) is 13.8 Å². The van der Waals surface area contributed by atoms with Crippen LogP contribution in [0.4, 0.5) is 4.39 Å². The maximum Gasteiger partial charge on any atom is 0.338 e. The molecule has 0 amide bonds. The number of benzene rings is 2. The van der Waals surface area contributed by atoms with Crippen molar-refractivity contribution >= 4 is 31.9 Å². The maximum atomic E-state index is 13.0. The second-order valence-corrected chi connectivity index (χ2v) is 7.80. The Kier molecular flexibility index (Phi) is 6.31. The van der Waals surface area contributed by atoms with Crippen LogP contribution in [0.3, 0.4) is 0 Å². The number of nitrogens with one attached hydrogen (secondary N) is 1. The molecule has 0 aliphatic rings. The quantitative estimate of drug-likeness (QED) is 0.708. The van der Waals surface area contributed by atoms with Gasteiger partial charge in [0, 0.05) is 10.5 Å². The van der Waals surface area contributed by atoms with Crippen molar-refractivity contribution in [3.8, 4) is 0 Å². The average molecular weight is 430 g/mol. The molecule has 2 aromatic carbocycles. The van der Waals surface area contributed by atoms with Crippen molar-refractivity contribution in [2.24, 2.45) is 0 Å². The van der Waals surface area contributed by atoms with Crippen LogP contribution in [0.1, 0.15) is 35.8 Å². The second kappa shape index (κ2) is 8.07. The summed E-state index contributed by atoms with van der Waals surface area (Å²) in [5.74, 6) is -0.920. The molecule has 0 bridgehead atoms. The number of sulfonamides is 1. The molecule has 1 unspecified atom stereocenters. The minimum atomic E-state index is -3.85. The minimum Gasteiger partial charge on any atom is -0.462 e. The summed E-state index contributed by atoms with van der Waals surface area (Å²) in [6, 6.07) is 9.13. The maximum absolute atomic E-state index is 13.0. The van der Waals surface area contributed by atoms with Gasteiger partial charge in [0.1, 0.15) is 5.82 Å². The van der Waals surface area contributed by atoms with Gasteiger partial charge in [-0.05, 0) is 65.7 Å². The highest BCUT2D eigenvalue weighted by Crippen LogP contribution is 2.25. The number of halogens is 2. The molecule has 134 valence electrons. The van der Waals surface area contributed by atoms with Crippen LogP contribution in [0.5, 0.6) is 0 Å². The summed E-state index contributed by atoms with van der Waals surface area (Å²) in [4.78, 5) is 11.7. The predicted octanol–water partition coefficient (Wildman–Crippen LogP) is 3.80. The van der Waals surface area contributed by atoms with Gasteiger partial charge in [-0.1, -0.05) is 12.1 Å². The van der Waals surface area contributed by atoms with Crippen LogP contribution in [0.25, 0.3) is 0 Å². The number of esters is 1. The first-order chi connectivity index (χ1) is 11.7. The lowest BCUT2D eigenvalue weighted by atomic mass is 10.1. The van der Waals surface area contributed by atoms with Gasteiger partial charge in [-0.2, -0.15) is 0 Å². The number of rotatable bonds is 6. The molecule has 0 aliphatic carbocycles. The molecule has 0 fully saturated rings. The van der Waals surface area contributed by atoms with Gasteiger partial charge >= 0.3 is 5.97 Å². The van der Waals surface area contributed by atoms with Crippen LogP contribution in [-0.4, -0.2) is 21.0 Å². The van der Waals surface area contributed by atoms with Gasteiger partial charge in [0.2, 0.25) is 10.0 Å². The van der Waals surface area contributed by atoms with Crippen LogP contribution in [0.15, 0.2) is 51.8 Å². The third-order valence-corrected chi connectivity index (χ3v) is 5.95. The summed E-state index contributed by atoms with van der Waals surface area (Å²) < 4.78 is 45.8. The molecule has 0 aliphatic heterocycles. The molecule has 1 N–H and O–H groups in total. The summed E-state index contributed by atoms with van der Waals surface area (Å²) in [5.41, 5.74) is 0.878. The molecule has 0 spiro atoms. The molecule has 0 radical (unpaired) electrons. The largest absolute Gasteiger partial charge is 0.462 e. The van der Waals surface area contributed by atoms with E-state index in [0.717, 1.165) is 0 Å². The lowest BCUT2D eigenvalue weighted by molar-refractivity contribution is 0.0526. The van der Waals surface area contributed by atoms with E-state index in [1.807, 2.05) is 0 Å². The average Bonchev–Trinajstić information content (AvgIpc) is 2.54. The number of carbonyl (C=O) groups is 1. The molecule has 0 saturated carbocycles. The first kappa shape index (κ1) is 19.6. The van der Waals surface area contributed by atoms with Crippen molar-refractivity contribution in [1.29, 1.82) is 0 Å². The van der Waals surface area contributed by atoms with E-state index in [0.29, 0.717) is 5.56 Å². The first-order valence-corrected chi connectivity index (χ1v) is 9.76. The lowest BCUT2D eigenvalue weighted by Crippen LogP contribution is -2.27. The van der Waals surface area contributed by atoms with E-state index in [-0.39, 0.29) is 21.5 Å². The lowest BCUT2D eigenvalue weighted by Gasteiger charge is -2.16. The van der Waals surface area contributed by atoms with Crippen molar-refractivity contribution in [2.75, 3.05) is 6.61 Å². The Hall–Kier alpha value is -1.77. The van der Waals surface area contributed by atoms with E-state index in [2.05, 4.69) is 20.7 Å². The second-order valence-electron chi connectivity index (χ2n) is 5.26. The Labute approximate surface area is 154 Å². The zero-order valence-corrected chi connectivity index (χ0v) is 16.0. The third-order valence-electron chi connectivity index (χ3n) is 3.43. The van der Waals surface area contributed by atoms with Crippen LogP contribution in [0.2, 0.25) is 0 Å². The highest BCUT2D eigenvalue weighted by molar-refractivity contribution is 9.10. The van der Waals surface area contributed by atoms with Crippen LogP contribution >= 0.6 is 15.9 Å². The Balaban J connectivity index is 2.24. The molecule has 5 nitrogen and oxygen atoms in total. The van der Waals surface area contributed by atoms with E-state index < -0.39 is 27.9 Å². The molecule has 2 rings (SSSR count). The summed E-state index contributed by atoms with van der Waals surface area (Å²) in [6.07, 6.45) is 0. The smallest absolute Gasteiger partial charge is 0.338 e. The summed E-state index contributed by atoms with van der Waals surface area (Å²) in [7, 11) is -3.85. The standard InChI is InChI=1S/C17H17BrFNO4S/c1-3-24-17(21)13-6-9-16(15(18)10-13)25(22,23)20-11(2)12-4-7-14(19)8-5-12/h4-11,20H,3H2,1-2H3. The molecular weight excluding hydrogens is 413 g/mol. The Morgan fingerprint density at radius 1 is 1.24 bits per heavy atom. The normalized spacial score (nSPS) is 12.6. The van der Waals surface area contributed by atoms with Gasteiger partial charge < -0.3 is 4.74 Å². The summed E-state index contributed by atoms with van der Waals surface area (Å²) in [5, 5.41) is 0. The number of carbonyl (C=O) groups excluding carboxylic acids is 1. The van der Waals surface area contributed by atoms with E-state index in [1.165, 1.54) is 42.5 Å². The fourth-order valence-corrected chi connectivity index (χ4v) is 4.49. The van der Waals surface area contributed by atoms with Gasteiger partial charge in [-0.25, -0.2) is 22.3 Å². The molecule has 2 aromatic rings.